The molecule has 0 unspecified atom stereocenters. The highest BCUT2D eigenvalue weighted by Gasteiger charge is 2.07. The number of aryl methyl sites for hydroxylation is 1. The average molecular weight is 329 g/mol. The minimum Gasteiger partial charge on any atom is -0.465 e. The molecule has 0 aliphatic rings. The number of ether oxygens (including phenoxy) is 1. The summed E-state index contributed by atoms with van der Waals surface area (Å²) in [7, 11) is 5.39. The molecule has 128 valence electrons. The minimum atomic E-state index is -0.372. The molecule has 24 heavy (non-hydrogen) atoms. The highest BCUT2D eigenvalue weighted by molar-refractivity contribution is 5.90. The second-order valence-corrected chi connectivity index (χ2v) is 5.65. The number of likely N-dealkylation sites (N-methyl/N-ethyl adjacent to an activating group) is 1. The van der Waals surface area contributed by atoms with Crippen molar-refractivity contribution in [1.82, 2.24) is 14.9 Å². The smallest absolute Gasteiger partial charge is 0.337 e. The van der Waals surface area contributed by atoms with Gasteiger partial charge in [0.2, 0.25) is 5.95 Å². The molecular weight excluding hydrogens is 306 g/mol. The minimum absolute atomic E-state index is 0.372. The zero-order valence-electron chi connectivity index (χ0n) is 14.5. The van der Waals surface area contributed by atoms with Crippen LogP contribution in [-0.2, 0) is 4.74 Å². The molecule has 0 fully saturated rings. The first-order chi connectivity index (χ1) is 11.5. The van der Waals surface area contributed by atoms with E-state index < -0.39 is 0 Å². The van der Waals surface area contributed by atoms with E-state index in [2.05, 4.69) is 25.5 Å². The Balaban J connectivity index is 2.12. The van der Waals surface area contributed by atoms with Crippen LogP contribution in [0.15, 0.2) is 30.3 Å². The van der Waals surface area contributed by atoms with Crippen molar-refractivity contribution in [2.75, 3.05) is 44.9 Å². The van der Waals surface area contributed by atoms with Gasteiger partial charge in [-0.25, -0.2) is 9.78 Å². The van der Waals surface area contributed by atoms with Gasteiger partial charge in [-0.2, -0.15) is 4.98 Å². The van der Waals surface area contributed by atoms with Crippen LogP contribution in [0.2, 0.25) is 0 Å². The standard InChI is InChI=1S/C17H23N5O2/c1-12-10-15(21-17(19-12)18-8-9-22(2)3)20-14-7-5-6-13(11-14)16(23)24-4/h5-7,10-11H,8-9H2,1-4H3,(H2,18,19,20,21). The molecule has 7 nitrogen and oxygen atoms in total. The van der Waals surface area contributed by atoms with E-state index in [1.807, 2.05) is 33.2 Å². The van der Waals surface area contributed by atoms with Gasteiger partial charge in [0.05, 0.1) is 12.7 Å². The Morgan fingerprint density at radius 1 is 1.25 bits per heavy atom. The maximum absolute atomic E-state index is 11.6. The number of nitrogens with one attached hydrogen (secondary N) is 2. The van der Waals surface area contributed by atoms with Gasteiger partial charge in [0, 0.05) is 30.5 Å². The van der Waals surface area contributed by atoms with Gasteiger partial charge in [-0.15, -0.1) is 0 Å². The SMILES string of the molecule is COC(=O)c1cccc(Nc2cc(C)nc(NCCN(C)C)n2)c1. The van der Waals surface area contributed by atoms with Crippen LogP contribution >= 0.6 is 0 Å². The second-order valence-electron chi connectivity index (χ2n) is 5.65. The zero-order valence-corrected chi connectivity index (χ0v) is 14.5. The van der Waals surface area contributed by atoms with Gasteiger partial charge in [0.25, 0.3) is 0 Å². The largest absolute Gasteiger partial charge is 0.465 e. The van der Waals surface area contributed by atoms with Crippen molar-refractivity contribution >= 4 is 23.4 Å². The predicted molar refractivity (Wildman–Crippen MR) is 94.9 cm³/mol. The van der Waals surface area contributed by atoms with Gasteiger partial charge in [-0.3, -0.25) is 0 Å². The summed E-state index contributed by atoms with van der Waals surface area (Å²) in [5.74, 6) is 0.865. The topological polar surface area (TPSA) is 79.4 Å². The molecule has 0 saturated carbocycles. The molecule has 0 saturated heterocycles. The Kier molecular flexibility index (Phi) is 6.08. The van der Waals surface area contributed by atoms with Gasteiger partial charge in [0.1, 0.15) is 5.82 Å². The van der Waals surface area contributed by atoms with E-state index in [1.165, 1.54) is 7.11 Å². The van der Waals surface area contributed by atoms with Gasteiger partial charge in [-0.1, -0.05) is 6.07 Å². The third-order valence-corrected chi connectivity index (χ3v) is 3.25. The number of carbonyl (C=O) groups is 1. The van der Waals surface area contributed by atoms with E-state index in [9.17, 15) is 4.79 Å². The molecule has 2 N–H and O–H groups in total. The Morgan fingerprint density at radius 3 is 2.75 bits per heavy atom. The van der Waals surface area contributed by atoms with Gasteiger partial charge in [-0.05, 0) is 39.2 Å². The summed E-state index contributed by atoms with van der Waals surface area (Å²) in [6, 6.07) is 8.93. The van der Waals surface area contributed by atoms with Crippen LogP contribution in [0.3, 0.4) is 0 Å². The number of benzene rings is 1. The van der Waals surface area contributed by atoms with Crippen LogP contribution in [0.25, 0.3) is 0 Å². The Morgan fingerprint density at radius 2 is 2.04 bits per heavy atom. The maximum Gasteiger partial charge on any atom is 0.337 e. The van der Waals surface area contributed by atoms with E-state index in [1.54, 1.807) is 18.2 Å². The number of anilines is 3. The number of esters is 1. The maximum atomic E-state index is 11.6. The number of carbonyl (C=O) groups excluding carboxylic acids is 1. The normalized spacial score (nSPS) is 10.5. The van der Waals surface area contributed by atoms with E-state index in [-0.39, 0.29) is 5.97 Å². The molecule has 0 aliphatic carbocycles. The molecule has 2 aromatic rings. The summed E-state index contributed by atoms with van der Waals surface area (Å²) < 4.78 is 4.74. The fraction of sp³-hybridized carbons (Fsp3) is 0.353. The molecular formula is C17H23N5O2. The van der Waals surface area contributed by atoms with Crippen molar-refractivity contribution in [3.63, 3.8) is 0 Å². The Bertz CT molecular complexity index is 703. The van der Waals surface area contributed by atoms with Crippen molar-refractivity contribution in [3.8, 4) is 0 Å². The summed E-state index contributed by atoms with van der Waals surface area (Å²) in [6.07, 6.45) is 0. The molecule has 0 radical (unpaired) electrons. The number of nitrogens with zero attached hydrogens (tertiary/aromatic N) is 3. The van der Waals surface area contributed by atoms with Gasteiger partial charge >= 0.3 is 5.97 Å². The van der Waals surface area contributed by atoms with E-state index in [4.69, 9.17) is 4.74 Å². The fourth-order valence-corrected chi connectivity index (χ4v) is 2.09. The van der Waals surface area contributed by atoms with Crippen molar-refractivity contribution in [3.05, 3.63) is 41.6 Å². The lowest BCUT2D eigenvalue weighted by Crippen LogP contribution is -2.21. The van der Waals surface area contributed by atoms with Crippen molar-refractivity contribution in [1.29, 1.82) is 0 Å². The molecule has 0 atom stereocenters. The second kappa shape index (κ2) is 8.26. The molecule has 1 aromatic carbocycles. The molecule has 0 bridgehead atoms. The van der Waals surface area contributed by atoms with Crippen LogP contribution in [0, 0.1) is 6.92 Å². The lowest BCUT2D eigenvalue weighted by molar-refractivity contribution is 0.0601. The number of hydrogen-bond donors (Lipinski definition) is 2. The monoisotopic (exact) mass is 329 g/mol. The lowest BCUT2D eigenvalue weighted by Gasteiger charge is -2.12. The summed E-state index contributed by atoms with van der Waals surface area (Å²) in [6.45, 7) is 3.56. The van der Waals surface area contributed by atoms with Crippen LogP contribution in [-0.4, -0.2) is 55.1 Å². The van der Waals surface area contributed by atoms with Crippen LogP contribution in [0.5, 0.6) is 0 Å². The van der Waals surface area contributed by atoms with Crippen molar-refractivity contribution in [2.24, 2.45) is 0 Å². The van der Waals surface area contributed by atoms with Crippen LogP contribution in [0.1, 0.15) is 16.1 Å². The first-order valence-electron chi connectivity index (χ1n) is 7.67. The average Bonchev–Trinajstić information content (AvgIpc) is 2.53. The predicted octanol–water partition coefficient (Wildman–Crippen LogP) is 2.29. The summed E-state index contributed by atoms with van der Waals surface area (Å²) >= 11 is 0. The molecule has 1 heterocycles. The molecule has 1 aromatic heterocycles. The highest BCUT2D eigenvalue weighted by Crippen LogP contribution is 2.18. The summed E-state index contributed by atoms with van der Waals surface area (Å²) in [4.78, 5) is 22.5. The zero-order chi connectivity index (χ0) is 17.5. The third kappa shape index (κ3) is 5.20. The highest BCUT2D eigenvalue weighted by atomic mass is 16.5. The number of aromatic nitrogens is 2. The quantitative estimate of drug-likeness (QED) is 0.754. The van der Waals surface area contributed by atoms with E-state index >= 15 is 0 Å². The van der Waals surface area contributed by atoms with E-state index in [0.717, 1.165) is 24.5 Å². The van der Waals surface area contributed by atoms with E-state index in [0.29, 0.717) is 17.3 Å². The molecule has 0 spiro atoms. The van der Waals surface area contributed by atoms with Crippen LogP contribution < -0.4 is 10.6 Å². The van der Waals surface area contributed by atoms with Gasteiger partial charge < -0.3 is 20.3 Å². The number of rotatable bonds is 7. The van der Waals surface area contributed by atoms with Crippen molar-refractivity contribution < 1.29 is 9.53 Å². The lowest BCUT2D eigenvalue weighted by atomic mass is 10.2. The first-order valence-corrected chi connectivity index (χ1v) is 7.67. The summed E-state index contributed by atoms with van der Waals surface area (Å²) in [5.41, 5.74) is 2.09. The molecule has 2 rings (SSSR count). The molecule has 0 aliphatic heterocycles. The van der Waals surface area contributed by atoms with Crippen LogP contribution in [0.4, 0.5) is 17.5 Å². The molecule has 0 amide bonds. The van der Waals surface area contributed by atoms with Crippen molar-refractivity contribution in [2.45, 2.75) is 6.92 Å². The fourth-order valence-electron chi connectivity index (χ4n) is 2.09. The Labute approximate surface area is 142 Å². The first kappa shape index (κ1) is 17.7. The third-order valence-electron chi connectivity index (χ3n) is 3.25. The van der Waals surface area contributed by atoms with Gasteiger partial charge in [0.15, 0.2) is 0 Å². The summed E-state index contributed by atoms with van der Waals surface area (Å²) in [5, 5.41) is 6.40. The molecule has 7 heteroatoms. The number of methoxy groups -OCH3 is 1. The number of hydrogen-bond acceptors (Lipinski definition) is 7. The Hall–Kier alpha value is -2.67.